The molecule has 2 rings (SSSR count). The van der Waals surface area contributed by atoms with Gasteiger partial charge in [-0.1, -0.05) is 58.8 Å². The van der Waals surface area contributed by atoms with Gasteiger partial charge in [-0.15, -0.1) is 0 Å². The predicted octanol–water partition coefficient (Wildman–Crippen LogP) is 6.14. The van der Waals surface area contributed by atoms with E-state index in [0.717, 1.165) is 42.6 Å². The zero-order valence-electron chi connectivity index (χ0n) is 16.7. The van der Waals surface area contributed by atoms with E-state index >= 15 is 0 Å². The molecule has 0 saturated heterocycles. The maximum Gasteiger partial charge on any atom is 0.311 e. The number of aryl methyl sites for hydroxylation is 1. The first kappa shape index (κ1) is 21.1. The number of carbonyl (C=O) groups is 1. The van der Waals surface area contributed by atoms with Crippen LogP contribution in [-0.4, -0.2) is 15.9 Å². The molecular weight excluding hydrogens is 336 g/mol. The normalized spacial score (nSPS) is 10.7. The van der Waals surface area contributed by atoms with Crippen LogP contribution in [0.25, 0.3) is 11.3 Å². The van der Waals surface area contributed by atoms with Gasteiger partial charge in [0.2, 0.25) is 0 Å². The van der Waals surface area contributed by atoms with E-state index in [9.17, 15) is 4.79 Å². The zero-order valence-corrected chi connectivity index (χ0v) is 16.7. The van der Waals surface area contributed by atoms with Crippen LogP contribution in [0.4, 0.5) is 0 Å². The number of carbonyl (C=O) groups excluding carboxylic acids is 1. The minimum atomic E-state index is -0.153. The molecule has 0 N–H and O–H groups in total. The van der Waals surface area contributed by atoms with Crippen LogP contribution in [0.3, 0.4) is 0 Å². The van der Waals surface area contributed by atoms with Gasteiger partial charge in [0.05, 0.1) is 17.6 Å². The van der Waals surface area contributed by atoms with E-state index in [1.54, 1.807) is 6.20 Å². The molecule has 0 aliphatic heterocycles. The van der Waals surface area contributed by atoms with Crippen LogP contribution in [-0.2, 0) is 11.2 Å². The third-order valence-electron chi connectivity index (χ3n) is 4.58. The van der Waals surface area contributed by atoms with Crippen molar-refractivity contribution in [3.8, 4) is 17.0 Å². The summed E-state index contributed by atoms with van der Waals surface area (Å²) in [6.07, 6.45) is 14.5. The molecule has 1 heterocycles. The van der Waals surface area contributed by atoms with E-state index in [1.807, 2.05) is 30.5 Å². The standard InChI is InChI=1S/C23H32N2O2/c1-3-5-6-7-8-9-10-12-23(26)27-21-15-13-19(14-16-21)22-18-24-20(11-4-2)17-25-22/h13-18H,3-12H2,1-2H3. The summed E-state index contributed by atoms with van der Waals surface area (Å²) in [5.74, 6) is 0.433. The molecule has 4 heteroatoms. The van der Waals surface area contributed by atoms with E-state index in [-0.39, 0.29) is 5.97 Å². The van der Waals surface area contributed by atoms with Gasteiger partial charge in [0.1, 0.15) is 5.75 Å². The van der Waals surface area contributed by atoms with Crippen molar-refractivity contribution in [1.29, 1.82) is 0 Å². The largest absolute Gasteiger partial charge is 0.427 e. The van der Waals surface area contributed by atoms with Gasteiger partial charge >= 0.3 is 5.97 Å². The summed E-state index contributed by atoms with van der Waals surface area (Å²) < 4.78 is 5.43. The fraction of sp³-hybridized carbons (Fsp3) is 0.522. The Hall–Kier alpha value is -2.23. The average Bonchev–Trinajstić information content (AvgIpc) is 2.69. The molecule has 0 aliphatic carbocycles. The summed E-state index contributed by atoms with van der Waals surface area (Å²) in [6.45, 7) is 4.35. The number of benzene rings is 1. The number of esters is 1. The maximum absolute atomic E-state index is 12.0. The molecular formula is C23H32N2O2. The van der Waals surface area contributed by atoms with Crippen molar-refractivity contribution >= 4 is 5.97 Å². The molecule has 27 heavy (non-hydrogen) atoms. The van der Waals surface area contributed by atoms with Crippen molar-refractivity contribution in [2.45, 2.75) is 78.1 Å². The molecule has 146 valence electrons. The molecule has 0 atom stereocenters. The van der Waals surface area contributed by atoms with Gasteiger partial charge in [-0.2, -0.15) is 0 Å². The highest BCUT2D eigenvalue weighted by Crippen LogP contribution is 2.21. The molecule has 0 amide bonds. The summed E-state index contributed by atoms with van der Waals surface area (Å²) >= 11 is 0. The Morgan fingerprint density at radius 2 is 1.56 bits per heavy atom. The van der Waals surface area contributed by atoms with Crippen LogP contribution in [0.2, 0.25) is 0 Å². The van der Waals surface area contributed by atoms with Crippen molar-refractivity contribution in [3.05, 3.63) is 42.4 Å². The quantitative estimate of drug-likeness (QED) is 0.256. The van der Waals surface area contributed by atoms with E-state index in [1.165, 1.54) is 32.1 Å². The molecule has 0 unspecified atom stereocenters. The second kappa shape index (κ2) is 12.2. The van der Waals surface area contributed by atoms with Crippen LogP contribution >= 0.6 is 0 Å². The first-order valence-electron chi connectivity index (χ1n) is 10.3. The smallest absolute Gasteiger partial charge is 0.311 e. The first-order chi connectivity index (χ1) is 13.2. The monoisotopic (exact) mass is 368 g/mol. The Kier molecular flexibility index (Phi) is 9.53. The Morgan fingerprint density at radius 1 is 0.852 bits per heavy atom. The summed E-state index contributed by atoms with van der Waals surface area (Å²) in [5.41, 5.74) is 2.81. The number of hydrogen-bond donors (Lipinski definition) is 0. The van der Waals surface area contributed by atoms with Crippen LogP contribution in [0.5, 0.6) is 5.75 Å². The van der Waals surface area contributed by atoms with Gasteiger partial charge in [-0.05, 0) is 37.1 Å². The fourth-order valence-electron chi connectivity index (χ4n) is 2.99. The summed E-state index contributed by atoms with van der Waals surface area (Å²) in [6, 6.07) is 7.47. The Bertz CT molecular complexity index is 666. The van der Waals surface area contributed by atoms with Crippen LogP contribution in [0.15, 0.2) is 36.7 Å². The highest BCUT2D eigenvalue weighted by Gasteiger charge is 2.06. The van der Waals surface area contributed by atoms with Crippen molar-refractivity contribution in [2.24, 2.45) is 0 Å². The van der Waals surface area contributed by atoms with E-state index in [2.05, 4.69) is 23.8 Å². The molecule has 1 aromatic heterocycles. The van der Waals surface area contributed by atoms with Crippen molar-refractivity contribution in [1.82, 2.24) is 9.97 Å². The molecule has 0 bridgehead atoms. The summed E-state index contributed by atoms with van der Waals surface area (Å²) in [5, 5.41) is 0. The maximum atomic E-state index is 12.0. The molecule has 0 saturated carbocycles. The van der Waals surface area contributed by atoms with Crippen LogP contribution < -0.4 is 4.74 Å². The van der Waals surface area contributed by atoms with E-state index in [0.29, 0.717) is 12.2 Å². The van der Waals surface area contributed by atoms with Gasteiger partial charge < -0.3 is 4.74 Å². The minimum Gasteiger partial charge on any atom is -0.427 e. The number of ether oxygens (including phenoxy) is 1. The molecule has 0 radical (unpaired) electrons. The highest BCUT2D eigenvalue weighted by atomic mass is 16.5. The second-order valence-corrected chi connectivity index (χ2v) is 7.01. The predicted molar refractivity (Wildman–Crippen MR) is 110 cm³/mol. The average molecular weight is 369 g/mol. The van der Waals surface area contributed by atoms with Crippen LogP contribution in [0, 0.1) is 0 Å². The zero-order chi connectivity index (χ0) is 19.3. The Balaban J connectivity index is 1.73. The Morgan fingerprint density at radius 3 is 2.19 bits per heavy atom. The van der Waals surface area contributed by atoms with Crippen molar-refractivity contribution in [2.75, 3.05) is 0 Å². The topological polar surface area (TPSA) is 52.1 Å². The third kappa shape index (κ3) is 7.90. The number of hydrogen-bond acceptors (Lipinski definition) is 4. The number of unbranched alkanes of at least 4 members (excludes halogenated alkanes) is 6. The van der Waals surface area contributed by atoms with E-state index in [4.69, 9.17) is 4.74 Å². The lowest BCUT2D eigenvalue weighted by Gasteiger charge is -2.06. The highest BCUT2D eigenvalue weighted by molar-refractivity contribution is 5.72. The number of aromatic nitrogens is 2. The molecule has 1 aromatic carbocycles. The van der Waals surface area contributed by atoms with Crippen molar-refractivity contribution < 1.29 is 9.53 Å². The lowest BCUT2D eigenvalue weighted by molar-refractivity contribution is -0.134. The minimum absolute atomic E-state index is 0.153. The molecule has 4 nitrogen and oxygen atoms in total. The molecule has 0 aliphatic rings. The van der Waals surface area contributed by atoms with Gasteiger partial charge in [0, 0.05) is 18.2 Å². The summed E-state index contributed by atoms with van der Waals surface area (Å²) in [4.78, 5) is 20.9. The lowest BCUT2D eigenvalue weighted by atomic mass is 10.1. The number of rotatable bonds is 12. The third-order valence-corrected chi connectivity index (χ3v) is 4.58. The summed E-state index contributed by atoms with van der Waals surface area (Å²) in [7, 11) is 0. The molecule has 0 fully saturated rings. The fourth-order valence-corrected chi connectivity index (χ4v) is 2.99. The van der Waals surface area contributed by atoms with Crippen molar-refractivity contribution in [3.63, 3.8) is 0 Å². The molecule has 2 aromatic rings. The van der Waals surface area contributed by atoms with Gasteiger partial charge in [-0.25, -0.2) is 0 Å². The van der Waals surface area contributed by atoms with Crippen LogP contribution in [0.1, 0.15) is 77.3 Å². The SMILES string of the molecule is CCCCCCCCCC(=O)Oc1ccc(-c2cnc(CCC)cn2)cc1. The lowest BCUT2D eigenvalue weighted by Crippen LogP contribution is -2.07. The molecule has 0 spiro atoms. The van der Waals surface area contributed by atoms with Gasteiger partial charge in [0.25, 0.3) is 0 Å². The number of nitrogens with zero attached hydrogens (tertiary/aromatic N) is 2. The Labute approximate surface area is 163 Å². The van der Waals surface area contributed by atoms with Gasteiger partial charge in [-0.3, -0.25) is 14.8 Å². The second-order valence-electron chi connectivity index (χ2n) is 7.01. The first-order valence-corrected chi connectivity index (χ1v) is 10.3. The van der Waals surface area contributed by atoms with E-state index < -0.39 is 0 Å². The van der Waals surface area contributed by atoms with Gasteiger partial charge in [0.15, 0.2) is 0 Å².